The molecular weight excluding hydrogens is 328 g/mol. The van der Waals surface area contributed by atoms with Crippen LogP contribution in [-0.2, 0) is 13.0 Å². The fraction of sp³-hybridized carbons (Fsp3) is 0.316. The van der Waals surface area contributed by atoms with Crippen LogP contribution in [0.5, 0.6) is 5.75 Å². The van der Waals surface area contributed by atoms with Gasteiger partial charge in [-0.15, -0.1) is 10.2 Å². The van der Waals surface area contributed by atoms with Gasteiger partial charge in [-0.1, -0.05) is 18.2 Å². The summed E-state index contributed by atoms with van der Waals surface area (Å²) in [6, 6.07) is 13.8. The maximum atomic E-state index is 5.26. The van der Waals surface area contributed by atoms with Gasteiger partial charge in [0.1, 0.15) is 11.6 Å². The molecule has 2 heterocycles. The maximum absolute atomic E-state index is 5.26. The number of guanidine groups is 1. The van der Waals surface area contributed by atoms with Gasteiger partial charge in [-0.2, -0.15) is 0 Å². The van der Waals surface area contributed by atoms with Gasteiger partial charge in [0.25, 0.3) is 0 Å². The first-order valence-electron chi connectivity index (χ1n) is 8.74. The fourth-order valence-corrected chi connectivity index (χ4v) is 2.64. The summed E-state index contributed by atoms with van der Waals surface area (Å²) in [6.07, 6.45) is 2.74. The molecule has 1 aromatic carbocycles. The largest absolute Gasteiger partial charge is 0.497 e. The van der Waals surface area contributed by atoms with Crippen LogP contribution in [0.15, 0.2) is 53.7 Å². The number of methoxy groups -OCH3 is 1. The molecule has 2 aromatic heterocycles. The SMILES string of the molecule is CCNC(=NCc1cccc(OC)c1)NCCc1nnc2ccccn12. The van der Waals surface area contributed by atoms with Crippen LogP contribution >= 0.6 is 0 Å². The second-order valence-electron chi connectivity index (χ2n) is 5.77. The first-order valence-corrected chi connectivity index (χ1v) is 8.74. The first kappa shape index (κ1) is 17.7. The highest BCUT2D eigenvalue weighted by Gasteiger charge is 2.05. The van der Waals surface area contributed by atoms with E-state index in [1.54, 1.807) is 7.11 Å². The Morgan fingerprint density at radius 1 is 1.15 bits per heavy atom. The lowest BCUT2D eigenvalue weighted by atomic mass is 10.2. The van der Waals surface area contributed by atoms with Crippen LogP contribution in [0, 0.1) is 0 Å². The van der Waals surface area contributed by atoms with Gasteiger partial charge < -0.3 is 15.4 Å². The Morgan fingerprint density at radius 3 is 2.92 bits per heavy atom. The van der Waals surface area contributed by atoms with Gasteiger partial charge in [0.15, 0.2) is 11.6 Å². The number of hydrogen-bond acceptors (Lipinski definition) is 4. The summed E-state index contributed by atoms with van der Waals surface area (Å²) in [4.78, 5) is 4.64. The molecule has 3 aromatic rings. The number of nitrogens with zero attached hydrogens (tertiary/aromatic N) is 4. The zero-order valence-electron chi connectivity index (χ0n) is 15.1. The molecule has 0 radical (unpaired) electrons. The molecule has 0 atom stereocenters. The minimum Gasteiger partial charge on any atom is -0.497 e. The Kier molecular flexibility index (Phi) is 6.03. The minimum atomic E-state index is 0.584. The molecule has 136 valence electrons. The Morgan fingerprint density at radius 2 is 2.08 bits per heavy atom. The van der Waals surface area contributed by atoms with Gasteiger partial charge in [0.05, 0.1) is 13.7 Å². The van der Waals surface area contributed by atoms with Crippen molar-refractivity contribution in [1.82, 2.24) is 25.2 Å². The number of ether oxygens (including phenoxy) is 1. The van der Waals surface area contributed by atoms with Crippen LogP contribution < -0.4 is 15.4 Å². The summed E-state index contributed by atoms with van der Waals surface area (Å²) in [7, 11) is 1.67. The van der Waals surface area contributed by atoms with E-state index in [-0.39, 0.29) is 0 Å². The molecule has 0 spiro atoms. The van der Waals surface area contributed by atoms with Crippen molar-refractivity contribution in [2.45, 2.75) is 19.9 Å². The molecule has 3 rings (SSSR count). The number of fused-ring (bicyclic) bond motifs is 1. The number of pyridine rings is 1. The van der Waals surface area contributed by atoms with Gasteiger partial charge in [0, 0.05) is 25.7 Å². The monoisotopic (exact) mass is 352 g/mol. The predicted octanol–water partition coefficient (Wildman–Crippen LogP) is 2.04. The smallest absolute Gasteiger partial charge is 0.191 e. The summed E-state index contributed by atoms with van der Waals surface area (Å²) in [5.41, 5.74) is 1.96. The van der Waals surface area contributed by atoms with Crippen molar-refractivity contribution in [3.8, 4) is 5.75 Å². The molecule has 7 heteroatoms. The fourth-order valence-electron chi connectivity index (χ4n) is 2.64. The van der Waals surface area contributed by atoms with Crippen molar-refractivity contribution < 1.29 is 4.74 Å². The predicted molar refractivity (Wildman–Crippen MR) is 103 cm³/mol. The summed E-state index contributed by atoms with van der Waals surface area (Å²) < 4.78 is 7.26. The Hall–Kier alpha value is -3.09. The van der Waals surface area contributed by atoms with Crippen LogP contribution in [0.1, 0.15) is 18.3 Å². The summed E-state index contributed by atoms with van der Waals surface area (Å²) >= 11 is 0. The summed E-state index contributed by atoms with van der Waals surface area (Å²) in [5, 5.41) is 15.0. The molecule has 0 unspecified atom stereocenters. The van der Waals surface area contributed by atoms with Crippen molar-refractivity contribution >= 4 is 11.6 Å². The van der Waals surface area contributed by atoms with Gasteiger partial charge in [-0.25, -0.2) is 4.99 Å². The number of benzene rings is 1. The molecule has 0 amide bonds. The van der Waals surface area contributed by atoms with E-state index in [0.717, 1.165) is 48.3 Å². The van der Waals surface area contributed by atoms with Gasteiger partial charge in [-0.05, 0) is 36.8 Å². The number of rotatable bonds is 7. The molecule has 2 N–H and O–H groups in total. The van der Waals surface area contributed by atoms with Crippen LogP contribution in [-0.4, -0.2) is 40.8 Å². The minimum absolute atomic E-state index is 0.584. The average molecular weight is 352 g/mol. The van der Waals surface area contributed by atoms with E-state index < -0.39 is 0 Å². The topological polar surface area (TPSA) is 75.8 Å². The van der Waals surface area contributed by atoms with E-state index in [0.29, 0.717) is 6.54 Å². The second-order valence-corrected chi connectivity index (χ2v) is 5.77. The number of hydrogen-bond donors (Lipinski definition) is 2. The van der Waals surface area contributed by atoms with E-state index in [1.165, 1.54) is 0 Å². The summed E-state index contributed by atoms with van der Waals surface area (Å²) in [5.74, 6) is 2.55. The number of nitrogens with one attached hydrogen (secondary N) is 2. The van der Waals surface area contributed by atoms with Crippen LogP contribution in [0.3, 0.4) is 0 Å². The van der Waals surface area contributed by atoms with E-state index in [4.69, 9.17) is 4.74 Å². The lowest BCUT2D eigenvalue weighted by Gasteiger charge is -2.11. The highest BCUT2D eigenvalue weighted by molar-refractivity contribution is 5.79. The average Bonchev–Trinajstić information content (AvgIpc) is 3.09. The van der Waals surface area contributed by atoms with Crippen molar-refractivity contribution in [3.05, 3.63) is 60.0 Å². The molecule has 7 nitrogen and oxygen atoms in total. The normalized spacial score (nSPS) is 11.5. The molecule has 0 aliphatic heterocycles. The zero-order chi connectivity index (χ0) is 18.2. The van der Waals surface area contributed by atoms with Gasteiger partial charge in [-0.3, -0.25) is 4.40 Å². The zero-order valence-corrected chi connectivity index (χ0v) is 15.1. The van der Waals surface area contributed by atoms with Crippen LogP contribution in [0.25, 0.3) is 5.65 Å². The van der Waals surface area contributed by atoms with Crippen molar-refractivity contribution in [2.75, 3.05) is 20.2 Å². The van der Waals surface area contributed by atoms with Crippen molar-refractivity contribution in [3.63, 3.8) is 0 Å². The van der Waals surface area contributed by atoms with E-state index in [1.807, 2.05) is 53.1 Å². The van der Waals surface area contributed by atoms with Crippen molar-refractivity contribution in [2.24, 2.45) is 4.99 Å². The molecule has 0 saturated carbocycles. The van der Waals surface area contributed by atoms with Gasteiger partial charge >= 0.3 is 0 Å². The highest BCUT2D eigenvalue weighted by atomic mass is 16.5. The van der Waals surface area contributed by atoms with Crippen molar-refractivity contribution in [1.29, 1.82) is 0 Å². The lowest BCUT2D eigenvalue weighted by molar-refractivity contribution is 0.414. The van der Waals surface area contributed by atoms with E-state index >= 15 is 0 Å². The third-order valence-corrected chi connectivity index (χ3v) is 3.92. The second kappa shape index (κ2) is 8.84. The molecular formula is C19H24N6O. The molecule has 0 aliphatic rings. The standard InChI is InChI=1S/C19H24N6O/c1-3-20-19(22-14-15-7-6-8-16(13-15)26-2)21-11-10-18-24-23-17-9-4-5-12-25(17)18/h4-9,12-13H,3,10-11,14H2,1-2H3,(H2,20,21,22). The van der Waals surface area contributed by atoms with E-state index in [2.05, 4.69) is 32.7 Å². The molecule has 0 saturated heterocycles. The number of aliphatic imine (C=N–C) groups is 1. The van der Waals surface area contributed by atoms with Crippen LogP contribution in [0.2, 0.25) is 0 Å². The molecule has 26 heavy (non-hydrogen) atoms. The third kappa shape index (κ3) is 4.50. The Labute approximate surface area is 153 Å². The number of aromatic nitrogens is 3. The maximum Gasteiger partial charge on any atom is 0.191 e. The molecule has 0 aliphatic carbocycles. The van der Waals surface area contributed by atoms with Crippen LogP contribution in [0.4, 0.5) is 0 Å². The van der Waals surface area contributed by atoms with Gasteiger partial charge in [0.2, 0.25) is 0 Å². The quantitative estimate of drug-likeness (QED) is 0.503. The Balaban J connectivity index is 1.59. The third-order valence-electron chi connectivity index (χ3n) is 3.92. The summed E-state index contributed by atoms with van der Waals surface area (Å²) in [6.45, 7) is 4.16. The Bertz CT molecular complexity index is 873. The molecule has 0 fully saturated rings. The van der Waals surface area contributed by atoms with E-state index in [9.17, 15) is 0 Å². The molecule has 0 bridgehead atoms. The highest BCUT2D eigenvalue weighted by Crippen LogP contribution is 2.13. The lowest BCUT2D eigenvalue weighted by Crippen LogP contribution is -2.38. The first-order chi connectivity index (χ1) is 12.8.